The molecule has 1 heterocycles. The molecule has 0 spiro atoms. The number of imide groups is 1. The van der Waals surface area contributed by atoms with Gasteiger partial charge < -0.3 is 10.4 Å². The van der Waals surface area contributed by atoms with Crippen LogP contribution in [-0.4, -0.2) is 46.8 Å². The maximum atomic E-state index is 12.1. The average Bonchev–Trinajstić information content (AvgIpc) is 2.93. The number of rotatable bonds is 3. The number of carboxylic acids is 1. The van der Waals surface area contributed by atoms with Crippen LogP contribution in [0, 0.1) is 17.3 Å². The van der Waals surface area contributed by atoms with E-state index in [1.54, 1.807) is 13.8 Å². The van der Waals surface area contributed by atoms with Crippen molar-refractivity contribution in [1.29, 1.82) is 0 Å². The van der Waals surface area contributed by atoms with Crippen LogP contribution in [0.15, 0.2) is 0 Å². The van der Waals surface area contributed by atoms with Gasteiger partial charge >= 0.3 is 5.97 Å². The van der Waals surface area contributed by atoms with E-state index in [1.165, 1.54) is 7.05 Å². The minimum atomic E-state index is -1.00. The molecule has 3 unspecified atom stereocenters. The molecule has 0 aromatic heterocycles. The zero-order valence-electron chi connectivity index (χ0n) is 11.7. The van der Waals surface area contributed by atoms with E-state index in [0.29, 0.717) is 0 Å². The third kappa shape index (κ3) is 2.17. The summed E-state index contributed by atoms with van der Waals surface area (Å²) in [6.07, 6.45) is 0.461. The van der Waals surface area contributed by atoms with Crippen molar-refractivity contribution in [2.45, 2.75) is 32.7 Å². The van der Waals surface area contributed by atoms with Gasteiger partial charge in [0.05, 0.1) is 11.8 Å². The van der Waals surface area contributed by atoms with Crippen LogP contribution in [0.5, 0.6) is 0 Å². The van der Waals surface area contributed by atoms with Crippen molar-refractivity contribution < 1.29 is 24.3 Å². The Labute approximate surface area is 116 Å². The molecule has 3 atom stereocenters. The average molecular weight is 282 g/mol. The van der Waals surface area contributed by atoms with Crippen LogP contribution < -0.4 is 5.32 Å². The summed E-state index contributed by atoms with van der Waals surface area (Å²) in [6, 6.07) is -0.740. The third-order valence-corrected chi connectivity index (χ3v) is 4.34. The Kier molecular flexibility index (Phi) is 3.31. The summed E-state index contributed by atoms with van der Waals surface area (Å²) in [5.41, 5.74) is -0.602. The highest BCUT2D eigenvalue weighted by Crippen LogP contribution is 2.58. The molecule has 0 aromatic rings. The van der Waals surface area contributed by atoms with Crippen molar-refractivity contribution in [1.82, 2.24) is 10.2 Å². The quantitative estimate of drug-likeness (QED) is 0.686. The first-order chi connectivity index (χ1) is 9.17. The van der Waals surface area contributed by atoms with E-state index in [-0.39, 0.29) is 18.7 Å². The van der Waals surface area contributed by atoms with Gasteiger partial charge in [0.15, 0.2) is 0 Å². The highest BCUT2D eigenvalue weighted by atomic mass is 16.4. The molecule has 0 aromatic carbocycles. The number of piperidine rings is 1. The topological polar surface area (TPSA) is 104 Å². The molecule has 110 valence electrons. The number of amides is 3. The monoisotopic (exact) mass is 282 g/mol. The molecule has 2 fully saturated rings. The zero-order chi connectivity index (χ0) is 15.2. The Morgan fingerprint density at radius 1 is 1.30 bits per heavy atom. The number of carbonyl (C=O) groups excluding carboxylic acids is 3. The highest BCUT2D eigenvalue weighted by Gasteiger charge is 2.66. The van der Waals surface area contributed by atoms with E-state index in [0.717, 1.165) is 4.90 Å². The Hall–Kier alpha value is -1.92. The number of likely N-dealkylation sites (tertiary alicyclic amines) is 1. The van der Waals surface area contributed by atoms with Crippen molar-refractivity contribution in [3.8, 4) is 0 Å². The fourth-order valence-corrected chi connectivity index (χ4v) is 2.90. The van der Waals surface area contributed by atoms with E-state index in [2.05, 4.69) is 5.32 Å². The molecule has 1 aliphatic carbocycles. The first-order valence-corrected chi connectivity index (χ1v) is 6.51. The van der Waals surface area contributed by atoms with Gasteiger partial charge in [-0.1, -0.05) is 13.8 Å². The minimum absolute atomic E-state index is 0.198. The third-order valence-electron chi connectivity index (χ3n) is 4.34. The standard InChI is InChI=1S/C13H18N2O5/c1-13(2)8(9(13)12(19)20)10(17)14-6-4-5-7(16)15(3)11(6)18/h6,8-9H,4-5H2,1-3H3,(H,14,17)(H,19,20). The van der Waals surface area contributed by atoms with E-state index in [4.69, 9.17) is 5.11 Å². The largest absolute Gasteiger partial charge is 0.481 e. The fourth-order valence-electron chi connectivity index (χ4n) is 2.90. The molecule has 1 saturated heterocycles. The van der Waals surface area contributed by atoms with Crippen molar-refractivity contribution in [2.75, 3.05) is 7.05 Å². The molecule has 0 bridgehead atoms. The summed E-state index contributed by atoms with van der Waals surface area (Å²) >= 11 is 0. The van der Waals surface area contributed by atoms with Crippen molar-refractivity contribution in [2.24, 2.45) is 17.3 Å². The van der Waals surface area contributed by atoms with Crippen LogP contribution in [0.4, 0.5) is 0 Å². The molecule has 20 heavy (non-hydrogen) atoms. The first kappa shape index (κ1) is 14.5. The maximum Gasteiger partial charge on any atom is 0.307 e. The second kappa shape index (κ2) is 4.57. The molecule has 1 saturated carbocycles. The molecule has 0 radical (unpaired) electrons. The highest BCUT2D eigenvalue weighted by molar-refractivity contribution is 6.02. The minimum Gasteiger partial charge on any atom is -0.481 e. The molecule has 3 amide bonds. The Balaban J connectivity index is 2.01. The summed E-state index contributed by atoms with van der Waals surface area (Å²) in [4.78, 5) is 47.4. The molecule has 2 N–H and O–H groups in total. The lowest BCUT2D eigenvalue weighted by atomic mass is 10.0. The van der Waals surface area contributed by atoms with Gasteiger partial charge in [0, 0.05) is 13.5 Å². The molecular formula is C13H18N2O5. The van der Waals surface area contributed by atoms with E-state index in [1.807, 2.05) is 0 Å². The SMILES string of the molecule is CN1C(=O)CCC(NC(=O)C2C(C(=O)O)C2(C)C)C1=O. The van der Waals surface area contributed by atoms with Gasteiger partial charge in [-0.2, -0.15) is 0 Å². The fraction of sp³-hybridized carbons (Fsp3) is 0.692. The lowest BCUT2D eigenvalue weighted by Crippen LogP contribution is -2.53. The van der Waals surface area contributed by atoms with Crippen molar-refractivity contribution in [3.63, 3.8) is 0 Å². The van der Waals surface area contributed by atoms with Gasteiger partial charge in [-0.3, -0.25) is 24.1 Å². The van der Waals surface area contributed by atoms with Gasteiger partial charge in [0.1, 0.15) is 6.04 Å². The number of carboxylic acid groups (broad SMARTS) is 1. The number of aliphatic carboxylic acids is 1. The normalized spacial score (nSPS) is 31.9. The van der Waals surface area contributed by atoms with Crippen molar-refractivity contribution in [3.05, 3.63) is 0 Å². The molecule has 2 aliphatic rings. The van der Waals surface area contributed by atoms with E-state index in [9.17, 15) is 19.2 Å². The van der Waals surface area contributed by atoms with E-state index >= 15 is 0 Å². The molecule has 2 rings (SSSR count). The Bertz CT molecular complexity index is 499. The van der Waals surface area contributed by atoms with Crippen LogP contribution in [0.25, 0.3) is 0 Å². The number of hydrogen-bond acceptors (Lipinski definition) is 4. The van der Waals surface area contributed by atoms with Crippen LogP contribution in [-0.2, 0) is 19.2 Å². The summed E-state index contributed by atoms with van der Waals surface area (Å²) in [5.74, 6) is -3.49. The van der Waals surface area contributed by atoms with Gasteiger partial charge in [-0.05, 0) is 11.8 Å². The maximum absolute atomic E-state index is 12.1. The smallest absolute Gasteiger partial charge is 0.307 e. The summed E-state index contributed by atoms with van der Waals surface area (Å²) in [6.45, 7) is 3.43. The summed E-state index contributed by atoms with van der Waals surface area (Å²) in [5, 5.41) is 11.6. The lowest BCUT2D eigenvalue weighted by molar-refractivity contribution is -0.149. The summed E-state index contributed by atoms with van der Waals surface area (Å²) < 4.78 is 0. The number of nitrogens with zero attached hydrogens (tertiary/aromatic N) is 1. The Morgan fingerprint density at radius 3 is 2.40 bits per heavy atom. The number of carbonyl (C=O) groups is 4. The first-order valence-electron chi connectivity index (χ1n) is 6.51. The lowest BCUT2D eigenvalue weighted by Gasteiger charge is -2.28. The van der Waals surface area contributed by atoms with Crippen LogP contribution >= 0.6 is 0 Å². The number of nitrogens with one attached hydrogen (secondary N) is 1. The van der Waals surface area contributed by atoms with Gasteiger partial charge in [-0.25, -0.2) is 0 Å². The second-order valence-corrected chi connectivity index (χ2v) is 6.01. The number of hydrogen-bond donors (Lipinski definition) is 2. The summed E-state index contributed by atoms with van der Waals surface area (Å²) in [7, 11) is 1.38. The molecule has 7 nitrogen and oxygen atoms in total. The van der Waals surface area contributed by atoms with Gasteiger partial charge in [0.2, 0.25) is 11.8 Å². The predicted octanol–water partition coefficient (Wildman–Crippen LogP) is -0.393. The molecule has 7 heteroatoms. The predicted molar refractivity (Wildman–Crippen MR) is 67.3 cm³/mol. The molecular weight excluding hydrogens is 264 g/mol. The second-order valence-electron chi connectivity index (χ2n) is 6.01. The van der Waals surface area contributed by atoms with Crippen LogP contribution in [0.3, 0.4) is 0 Å². The van der Waals surface area contributed by atoms with Crippen molar-refractivity contribution >= 4 is 23.7 Å². The van der Waals surface area contributed by atoms with Crippen LogP contribution in [0.1, 0.15) is 26.7 Å². The Morgan fingerprint density at radius 2 is 1.90 bits per heavy atom. The van der Waals surface area contributed by atoms with Crippen LogP contribution in [0.2, 0.25) is 0 Å². The van der Waals surface area contributed by atoms with Gasteiger partial charge in [-0.15, -0.1) is 0 Å². The zero-order valence-corrected chi connectivity index (χ0v) is 11.7. The molecule has 1 aliphatic heterocycles. The van der Waals surface area contributed by atoms with E-state index < -0.39 is 41.1 Å². The van der Waals surface area contributed by atoms with Gasteiger partial charge in [0.25, 0.3) is 5.91 Å². The number of likely N-dealkylation sites (N-methyl/N-ethyl adjacent to an activating group) is 1.